The van der Waals surface area contributed by atoms with Crippen LogP contribution in [0.25, 0.3) is 0 Å². The molecule has 106 valence electrons. The molecule has 0 radical (unpaired) electrons. The van der Waals surface area contributed by atoms with Gasteiger partial charge in [0.15, 0.2) is 0 Å². The lowest BCUT2D eigenvalue weighted by atomic mass is 10.00. The smallest absolute Gasteiger partial charge is 0.254 e. The molecule has 0 aromatic heterocycles. The lowest BCUT2D eigenvalue weighted by molar-refractivity contribution is -0.116. The van der Waals surface area contributed by atoms with Crippen molar-refractivity contribution in [2.75, 3.05) is 25.0 Å². The molecule has 0 saturated heterocycles. The van der Waals surface area contributed by atoms with E-state index in [-0.39, 0.29) is 25.0 Å². The monoisotopic (exact) mass is 274 g/mol. The number of aliphatic hydroxyl groups is 1. The topological polar surface area (TPSA) is 69.6 Å². The van der Waals surface area contributed by atoms with Crippen LogP contribution in [-0.4, -0.2) is 41.5 Å². The number of carbonyl (C=O) groups excluding carboxylic acids is 2. The molecule has 5 nitrogen and oxygen atoms in total. The van der Waals surface area contributed by atoms with Crippen LogP contribution >= 0.6 is 0 Å². The van der Waals surface area contributed by atoms with Crippen LogP contribution in [0.5, 0.6) is 0 Å². The van der Waals surface area contributed by atoms with Crippen LogP contribution in [0.1, 0.15) is 22.3 Å². The van der Waals surface area contributed by atoms with E-state index in [9.17, 15) is 9.59 Å². The zero-order chi connectivity index (χ0) is 14.5. The molecule has 0 unspecified atom stereocenters. The molecule has 2 amide bonds. The van der Waals surface area contributed by atoms with Crippen molar-refractivity contribution in [3.05, 3.63) is 42.0 Å². The van der Waals surface area contributed by atoms with Gasteiger partial charge in [0.05, 0.1) is 6.61 Å². The lowest BCUT2D eigenvalue weighted by Gasteiger charge is -2.22. The Bertz CT molecular complexity index is 540. The maximum atomic E-state index is 12.4. The normalized spacial score (nSPS) is 13.3. The van der Waals surface area contributed by atoms with E-state index in [1.165, 1.54) is 4.90 Å². The van der Waals surface area contributed by atoms with E-state index >= 15 is 0 Å². The third kappa shape index (κ3) is 3.05. The number of anilines is 1. The second-order valence-electron chi connectivity index (χ2n) is 4.68. The number of benzene rings is 1. The van der Waals surface area contributed by atoms with Crippen molar-refractivity contribution in [3.63, 3.8) is 0 Å². The minimum absolute atomic E-state index is 0.00476. The molecule has 0 atom stereocenters. The summed E-state index contributed by atoms with van der Waals surface area (Å²) in [6.45, 7) is 4.20. The SMILES string of the molecule is C=CCN(CCO)C(=O)c1ccc2c(c1)CCC(=O)N2. The molecule has 1 aliphatic rings. The number of aryl methyl sites for hydroxylation is 1. The highest BCUT2D eigenvalue weighted by molar-refractivity contribution is 5.98. The first-order valence-electron chi connectivity index (χ1n) is 6.59. The molecule has 0 saturated carbocycles. The summed E-state index contributed by atoms with van der Waals surface area (Å²) in [7, 11) is 0. The van der Waals surface area contributed by atoms with Gasteiger partial charge >= 0.3 is 0 Å². The molecular weight excluding hydrogens is 256 g/mol. The second kappa shape index (κ2) is 6.34. The molecule has 1 aliphatic heterocycles. The quantitative estimate of drug-likeness (QED) is 0.792. The van der Waals surface area contributed by atoms with Crippen LogP contribution < -0.4 is 5.32 Å². The summed E-state index contributed by atoms with van der Waals surface area (Å²) in [6.07, 6.45) is 2.72. The first-order chi connectivity index (χ1) is 9.65. The highest BCUT2D eigenvalue weighted by atomic mass is 16.3. The summed E-state index contributed by atoms with van der Waals surface area (Å²) in [5.41, 5.74) is 2.31. The van der Waals surface area contributed by atoms with Crippen molar-refractivity contribution in [1.82, 2.24) is 4.90 Å². The first-order valence-corrected chi connectivity index (χ1v) is 6.59. The van der Waals surface area contributed by atoms with E-state index < -0.39 is 0 Å². The van der Waals surface area contributed by atoms with Crippen molar-refractivity contribution in [1.29, 1.82) is 0 Å². The number of carbonyl (C=O) groups is 2. The van der Waals surface area contributed by atoms with Crippen LogP contribution in [-0.2, 0) is 11.2 Å². The summed E-state index contributed by atoms with van der Waals surface area (Å²) < 4.78 is 0. The highest BCUT2D eigenvalue weighted by Gasteiger charge is 2.19. The van der Waals surface area contributed by atoms with Crippen LogP contribution in [0.15, 0.2) is 30.9 Å². The van der Waals surface area contributed by atoms with E-state index in [0.29, 0.717) is 24.9 Å². The van der Waals surface area contributed by atoms with E-state index in [1.54, 1.807) is 18.2 Å². The van der Waals surface area contributed by atoms with Gasteiger partial charge in [0.25, 0.3) is 5.91 Å². The molecule has 1 aromatic rings. The molecule has 5 heteroatoms. The summed E-state index contributed by atoms with van der Waals surface area (Å²) in [6, 6.07) is 5.26. The minimum Gasteiger partial charge on any atom is -0.395 e. The van der Waals surface area contributed by atoms with Gasteiger partial charge in [-0.2, -0.15) is 0 Å². The van der Waals surface area contributed by atoms with Gasteiger partial charge in [-0.3, -0.25) is 9.59 Å². The molecule has 2 N–H and O–H groups in total. The first kappa shape index (κ1) is 14.3. The highest BCUT2D eigenvalue weighted by Crippen LogP contribution is 2.24. The number of nitrogens with one attached hydrogen (secondary N) is 1. The van der Waals surface area contributed by atoms with Crippen molar-refractivity contribution in [3.8, 4) is 0 Å². The number of nitrogens with zero attached hydrogens (tertiary/aromatic N) is 1. The predicted molar refractivity (Wildman–Crippen MR) is 76.6 cm³/mol. The summed E-state index contributed by atoms with van der Waals surface area (Å²) in [5.74, 6) is -0.135. The Morgan fingerprint density at radius 3 is 2.95 bits per heavy atom. The summed E-state index contributed by atoms with van der Waals surface area (Å²) in [5, 5.41) is 11.8. The average molecular weight is 274 g/mol. The summed E-state index contributed by atoms with van der Waals surface area (Å²) >= 11 is 0. The van der Waals surface area contributed by atoms with Gasteiger partial charge in [-0.05, 0) is 30.2 Å². The number of hydrogen-bond donors (Lipinski definition) is 2. The fourth-order valence-electron chi connectivity index (χ4n) is 2.25. The van der Waals surface area contributed by atoms with E-state index in [1.807, 2.05) is 6.07 Å². The molecular formula is C15H18N2O3. The fourth-order valence-corrected chi connectivity index (χ4v) is 2.25. The molecule has 1 aromatic carbocycles. The number of aliphatic hydroxyl groups excluding tert-OH is 1. The Morgan fingerprint density at radius 2 is 2.25 bits per heavy atom. The molecule has 0 bridgehead atoms. The van der Waals surface area contributed by atoms with E-state index in [0.717, 1.165) is 11.3 Å². The van der Waals surface area contributed by atoms with Crippen LogP contribution in [0.2, 0.25) is 0 Å². The van der Waals surface area contributed by atoms with Gasteiger partial charge in [-0.15, -0.1) is 6.58 Å². The lowest BCUT2D eigenvalue weighted by Crippen LogP contribution is -2.33. The van der Waals surface area contributed by atoms with E-state index in [2.05, 4.69) is 11.9 Å². The molecule has 2 rings (SSSR count). The molecule has 1 heterocycles. The number of fused-ring (bicyclic) bond motifs is 1. The third-order valence-electron chi connectivity index (χ3n) is 3.25. The zero-order valence-electron chi connectivity index (χ0n) is 11.3. The number of hydrogen-bond acceptors (Lipinski definition) is 3. The predicted octanol–water partition coefficient (Wildman–Crippen LogP) is 1.19. The Hall–Kier alpha value is -2.14. The zero-order valence-corrected chi connectivity index (χ0v) is 11.3. The van der Waals surface area contributed by atoms with Gasteiger partial charge < -0.3 is 15.3 Å². The standard InChI is InChI=1S/C15H18N2O3/c1-2-7-17(8-9-18)15(20)12-3-5-13-11(10-12)4-6-14(19)16-13/h2-3,5,10,18H,1,4,6-9H2,(H,16,19). The van der Waals surface area contributed by atoms with Crippen molar-refractivity contribution in [2.24, 2.45) is 0 Å². The van der Waals surface area contributed by atoms with Crippen molar-refractivity contribution in [2.45, 2.75) is 12.8 Å². The molecule has 0 fully saturated rings. The maximum Gasteiger partial charge on any atom is 0.254 e. The van der Waals surface area contributed by atoms with Crippen LogP contribution in [0, 0.1) is 0 Å². The van der Waals surface area contributed by atoms with Gasteiger partial charge in [0.2, 0.25) is 5.91 Å². The van der Waals surface area contributed by atoms with Gasteiger partial charge in [-0.1, -0.05) is 6.08 Å². The third-order valence-corrected chi connectivity index (χ3v) is 3.25. The summed E-state index contributed by atoms with van der Waals surface area (Å²) in [4.78, 5) is 25.2. The number of rotatable bonds is 5. The Morgan fingerprint density at radius 1 is 1.45 bits per heavy atom. The molecule has 20 heavy (non-hydrogen) atoms. The van der Waals surface area contributed by atoms with Gasteiger partial charge in [0.1, 0.15) is 0 Å². The minimum atomic E-state index is -0.140. The molecule has 0 spiro atoms. The van der Waals surface area contributed by atoms with Crippen LogP contribution in [0.4, 0.5) is 5.69 Å². The average Bonchev–Trinajstić information content (AvgIpc) is 2.45. The van der Waals surface area contributed by atoms with Gasteiger partial charge in [-0.25, -0.2) is 0 Å². The molecule has 0 aliphatic carbocycles. The van der Waals surface area contributed by atoms with E-state index in [4.69, 9.17) is 5.11 Å². The largest absolute Gasteiger partial charge is 0.395 e. The maximum absolute atomic E-state index is 12.4. The Kier molecular flexibility index (Phi) is 4.53. The Labute approximate surface area is 117 Å². The Balaban J connectivity index is 2.22. The fraction of sp³-hybridized carbons (Fsp3) is 0.333. The second-order valence-corrected chi connectivity index (χ2v) is 4.68. The van der Waals surface area contributed by atoms with Gasteiger partial charge in [0, 0.05) is 30.8 Å². The van der Waals surface area contributed by atoms with Crippen molar-refractivity contribution < 1.29 is 14.7 Å². The number of amides is 2. The van der Waals surface area contributed by atoms with Crippen molar-refractivity contribution >= 4 is 17.5 Å². The van der Waals surface area contributed by atoms with Crippen LogP contribution in [0.3, 0.4) is 0 Å².